The molecule has 0 aliphatic heterocycles. The number of aromatic nitrogens is 2. The first-order chi connectivity index (χ1) is 9.00. The molecule has 2 rings (SSSR count). The van der Waals surface area contributed by atoms with Gasteiger partial charge in [-0.25, -0.2) is 4.98 Å². The van der Waals surface area contributed by atoms with Crippen molar-refractivity contribution in [3.63, 3.8) is 0 Å². The van der Waals surface area contributed by atoms with Gasteiger partial charge in [0.05, 0.1) is 5.60 Å². The Balaban J connectivity index is 1.90. The molecule has 3 heteroatoms. The van der Waals surface area contributed by atoms with Gasteiger partial charge in [0.25, 0.3) is 0 Å². The van der Waals surface area contributed by atoms with Gasteiger partial charge in [-0.2, -0.15) is 0 Å². The molecule has 0 amide bonds. The molecule has 1 aromatic rings. The Bertz CT molecular complexity index is 399. The topological polar surface area (TPSA) is 38.1 Å². The molecule has 0 radical (unpaired) electrons. The van der Waals surface area contributed by atoms with Crippen LogP contribution in [0.2, 0.25) is 0 Å². The second kappa shape index (κ2) is 6.08. The standard InChI is InChI=1S/C16H28N2O/c1-13(2)14-5-4-8-16(19,9-6-14)10-7-15-17-11-12-18(15)3/h11-14,19H,4-10H2,1-3H3. The highest BCUT2D eigenvalue weighted by Gasteiger charge is 2.31. The summed E-state index contributed by atoms with van der Waals surface area (Å²) in [4.78, 5) is 4.35. The van der Waals surface area contributed by atoms with Gasteiger partial charge in [0.2, 0.25) is 0 Å². The Morgan fingerprint density at radius 2 is 2.21 bits per heavy atom. The van der Waals surface area contributed by atoms with Gasteiger partial charge in [0, 0.05) is 25.9 Å². The van der Waals surface area contributed by atoms with Gasteiger partial charge in [0.1, 0.15) is 5.82 Å². The third kappa shape index (κ3) is 3.82. The summed E-state index contributed by atoms with van der Waals surface area (Å²) in [6.45, 7) is 4.62. The average molecular weight is 264 g/mol. The van der Waals surface area contributed by atoms with Gasteiger partial charge in [-0.05, 0) is 37.5 Å². The second-order valence-electron chi connectivity index (χ2n) is 6.61. The lowest BCUT2D eigenvalue weighted by Gasteiger charge is -2.27. The zero-order valence-corrected chi connectivity index (χ0v) is 12.6. The van der Waals surface area contributed by atoms with Gasteiger partial charge in [-0.3, -0.25) is 0 Å². The number of nitrogens with zero attached hydrogens (tertiary/aromatic N) is 2. The summed E-state index contributed by atoms with van der Waals surface area (Å²) in [6.07, 6.45) is 11.1. The van der Waals surface area contributed by atoms with Crippen LogP contribution in [0.5, 0.6) is 0 Å². The highest BCUT2D eigenvalue weighted by molar-refractivity contribution is 4.94. The van der Waals surface area contributed by atoms with Crippen molar-refractivity contribution in [3.05, 3.63) is 18.2 Å². The number of aryl methyl sites for hydroxylation is 2. The van der Waals surface area contributed by atoms with Crippen molar-refractivity contribution in [2.24, 2.45) is 18.9 Å². The minimum absolute atomic E-state index is 0.463. The maximum atomic E-state index is 10.8. The number of hydrogen-bond donors (Lipinski definition) is 1. The molecule has 1 aliphatic rings. The van der Waals surface area contributed by atoms with Crippen molar-refractivity contribution in [2.75, 3.05) is 0 Å². The summed E-state index contributed by atoms with van der Waals surface area (Å²) >= 11 is 0. The van der Waals surface area contributed by atoms with Gasteiger partial charge in [0.15, 0.2) is 0 Å². The molecular weight excluding hydrogens is 236 g/mol. The molecule has 0 saturated heterocycles. The van der Waals surface area contributed by atoms with E-state index in [0.717, 1.165) is 43.3 Å². The van der Waals surface area contributed by atoms with Crippen molar-refractivity contribution in [1.82, 2.24) is 9.55 Å². The summed E-state index contributed by atoms with van der Waals surface area (Å²) in [5.41, 5.74) is -0.463. The first-order valence-electron chi connectivity index (χ1n) is 7.69. The molecule has 108 valence electrons. The average Bonchev–Trinajstić information content (AvgIpc) is 2.65. The summed E-state index contributed by atoms with van der Waals surface area (Å²) < 4.78 is 2.05. The molecule has 0 bridgehead atoms. The van der Waals surface area contributed by atoms with Crippen LogP contribution in [0.25, 0.3) is 0 Å². The van der Waals surface area contributed by atoms with E-state index < -0.39 is 5.60 Å². The summed E-state index contributed by atoms with van der Waals surface area (Å²) in [7, 11) is 2.02. The molecule has 1 aliphatic carbocycles. The molecule has 0 spiro atoms. The predicted octanol–water partition coefficient (Wildman–Crippen LogP) is 3.32. The maximum absolute atomic E-state index is 10.8. The molecular formula is C16H28N2O. The molecule has 1 heterocycles. The first-order valence-corrected chi connectivity index (χ1v) is 7.69. The smallest absolute Gasteiger partial charge is 0.108 e. The van der Waals surface area contributed by atoms with Gasteiger partial charge in [-0.15, -0.1) is 0 Å². The van der Waals surface area contributed by atoms with Crippen molar-refractivity contribution in [2.45, 2.75) is 64.4 Å². The normalized spacial score (nSPS) is 28.6. The fraction of sp³-hybridized carbons (Fsp3) is 0.812. The zero-order valence-electron chi connectivity index (χ0n) is 12.6. The van der Waals surface area contributed by atoms with E-state index in [1.807, 2.05) is 19.4 Å². The van der Waals surface area contributed by atoms with E-state index in [9.17, 15) is 5.11 Å². The first kappa shape index (κ1) is 14.6. The Morgan fingerprint density at radius 3 is 2.84 bits per heavy atom. The lowest BCUT2D eigenvalue weighted by Crippen LogP contribution is -2.29. The lowest BCUT2D eigenvalue weighted by molar-refractivity contribution is 0.0146. The van der Waals surface area contributed by atoms with Gasteiger partial charge in [-0.1, -0.05) is 26.7 Å². The van der Waals surface area contributed by atoms with Crippen LogP contribution in [0, 0.1) is 11.8 Å². The zero-order chi connectivity index (χ0) is 13.9. The Morgan fingerprint density at radius 1 is 1.42 bits per heavy atom. The quantitative estimate of drug-likeness (QED) is 0.847. The fourth-order valence-electron chi connectivity index (χ4n) is 3.32. The third-order valence-corrected chi connectivity index (χ3v) is 4.88. The van der Waals surface area contributed by atoms with E-state index in [2.05, 4.69) is 23.4 Å². The molecule has 1 N–H and O–H groups in total. The second-order valence-corrected chi connectivity index (χ2v) is 6.61. The molecule has 3 nitrogen and oxygen atoms in total. The van der Waals surface area contributed by atoms with Crippen LogP contribution >= 0.6 is 0 Å². The van der Waals surface area contributed by atoms with Gasteiger partial charge >= 0.3 is 0 Å². The number of rotatable bonds is 4. The van der Waals surface area contributed by atoms with Crippen molar-refractivity contribution >= 4 is 0 Å². The van der Waals surface area contributed by atoms with Crippen molar-refractivity contribution < 1.29 is 5.11 Å². The number of hydrogen-bond acceptors (Lipinski definition) is 2. The highest BCUT2D eigenvalue weighted by atomic mass is 16.3. The molecule has 2 unspecified atom stereocenters. The Labute approximate surface area is 117 Å². The lowest BCUT2D eigenvalue weighted by atomic mass is 9.86. The largest absolute Gasteiger partial charge is 0.390 e. The third-order valence-electron chi connectivity index (χ3n) is 4.88. The minimum atomic E-state index is -0.463. The highest BCUT2D eigenvalue weighted by Crippen LogP contribution is 2.36. The molecule has 1 fully saturated rings. The molecule has 19 heavy (non-hydrogen) atoms. The van der Waals surface area contributed by atoms with Crippen LogP contribution in [-0.2, 0) is 13.5 Å². The monoisotopic (exact) mass is 264 g/mol. The van der Waals surface area contributed by atoms with E-state index in [0.29, 0.717) is 0 Å². The molecule has 1 saturated carbocycles. The predicted molar refractivity (Wildman–Crippen MR) is 77.9 cm³/mol. The van der Waals surface area contributed by atoms with E-state index in [-0.39, 0.29) is 0 Å². The van der Waals surface area contributed by atoms with Crippen LogP contribution in [0.15, 0.2) is 12.4 Å². The van der Waals surface area contributed by atoms with Crippen LogP contribution in [0.1, 0.15) is 58.2 Å². The maximum Gasteiger partial charge on any atom is 0.108 e. The summed E-state index contributed by atoms with van der Waals surface area (Å²) in [6, 6.07) is 0. The SMILES string of the molecule is CC(C)C1CCCC(O)(CCc2nccn2C)CC1. The number of imidazole rings is 1. The molecule has 2 atom stereocenters. The van der Waals surface area contributed by atoms with Crippen molar-refractivity contribution in [3.8, 4) is 0 Å². The van der Waals surface area contributed by atoms with E-state index >= 15 is 0 Å². The summed E-state index contributed by atoms with van der Waals surface area (Å²) in [5.74, 6) is 2.62. The van der Waals surface area contributed by atoms with Crippen LogP contribution in [-0.4, -0.2) is 20.3 Å². The van der Waals surface area contributed by atoms with E-state index in [4.69, 9.17) is 0 Å². The van der Waals surface area contributed by atoms with Crippen LogP contribution in [0.3, 0.4) is 0 Å². The van der Waals surface area contributed by atoms with Crippen LogP contribution in [0.4, 0.5) is 0 Å². The molecule has 0 aromatic carbocycles. The van der Waals surface area contributed by atoms with Crippen molar-refractivity contribution in [1.29, 1.82) is 0 Å². The molecule has 1 aromatic heterocycles. The van der Waals surface area contributed by atoms with Crippen LogP contribution < -0.4 is 0 Å². The Hall–Kier alpha value is -0.830. The summed E-state index contributed by atoms with van der Waals surface area (Å²) in [5, 5.41) is 10.8. The fourth-order valence-corrected chi connectivity index (χ4v) is 3.32. The van der Waals surface area contributed by atoms with E-state index in [1.54, 1.807) is 0 Å². The number of aliphatic hydroxyl groups is 1. The minimum Gasteiger partial charge on any atom is -0.390 e. The van der Waals surface area contributed by atoms with E-state index in [1.165, 1.54) is 19.3 Å². The van der Waals surface area contributed by atoms with Gasteiger partial charge < -0.3 is 9.67 Å². The Kier molecular flexibility index (Phi) is 4.67.